The van der Waals surface area contributed by atoms with Crippen LogP contribution in [-0.4, -0.2) is 9.97 Å². The molecule has 3 rings (SSSR count). The van der Waals surface area contributed by atoms with Gasteiger partial charge in [0, 0.05) is 38.3 Å². The van der Waals surface area contributed by atoms with Gasteiger partial charge in [0.05, 0.1) is 5.02 Å². The Bertz CT molecular complexity index is 661. The summed E-state index contributed by atoms with van der Waals surface area (Å²) in [4.78, 5) is 8.47. The third kappa shape index (κ3) is 2.12. The van der Waals surface area contributed by atoms with Gasteiger partial charge in [0.15, 0.2) is 0 Å². The Morgan fingerprint density at radius 2 is 2.29 bits per heavy atom. The van der Waals surface area contributed by atoms with Crippen LogP contribution in [0.25, 0.3) is 10.1 Å². The van der Waals surface area contributed by atoms with Gasteiger partial charge in [-0.1, -0.05) is 33.6 Å². The molecule has 0 atom stereocenters. The molecule has 86 valence electrons. The lowest BCUT2D eigenvalue weighted by molar-refractivity contribution is 1.05. The van der Waals surface area contributed by atoms with Crippen molar-refractivity contribution in [3.63, 3.8) is 0 Å². The lowest BCUT2D eigenvalue weighted by atomic mass is 10.2. The van der Waals surface area contributed by atoms with E-state index in [1.54, 1.807) is 17.5 Å². The SMILES string of the molecule is Clc1c(Cc2ncc[nH]2)sc2cc(Br)ccc12. The molecule has 0 bridgehead atoms. The van der Waals surface area contributed by atoms with Crippen molar-refractivity contribution in [2.24, 2.45) is 0 Å². The first kappa shape index (κ1) is 11.3. The van der Waals surface area contributed by atoms with E-state index >= 15 is 0 Å². The molecule has 2 heterocycles. The van der Waals surface area contributed by atoms with Crippen LogP contribution in [-0.2, 0) is 6.42 Å². The maximum atomic E-state index is 6.38. The number of aromatic amines is 1. The van der Waals surface area contributed by atoms with Gasteiger partial charge in [-0.05, 0) is 12.1 Å². The largest absolute Gasteiger partial charge is 0.348 e. The molecule has 0 saturated carbocycles. The van der Waals surface area contributed by atoms with Crippen LogP contribution >= 0.6 is 38.9 Å². The van der Waals surface area contributed by atoms with Crippen molar-refractivity contribution in [2.75, 3.05) is 0 Å². The van der Waals surface area contributed by atoms with Crippen LogP contribution in [0.2, 0.25) is 5.02 Å². The molecule has 1 N–H and O–H groups in total. The Kier molecular flexibility index (Phi) is 2.94. The Balaban J connectivity index is 2.08. The zero-order valence-corrected chi connectivity index (χ0v) is 11.9. The number of hydrogen-bond donors (Lipinski definition) is 1. The highest BCUT2D eigenvalue weighted by Crippen LogP contribution is 2.37. The quantitative estimate of drug-likeness (QED) is 0.730. The Labute approximate surface area is 116 Å². The van der Waals surface area contributed by atoms with Crippen molar-refractivity contribution in [1.82, 2.24) is 9.97 Å². The van der Waals surface area contributed by atoms with Crippen LogP contribution in [0.1, 0.15) is 10.7 Å². The van der Waals surface area contributed by atoms with Crippen LogP contribution in [0.5, 0.6) is 0 Å². The van der Waals surface area contributed by atoms with Crippen molar-refractivity contribution in [2.45, 2.75) is 6.42 Å². The van der Waals surface area contributed by atoms with E-state index in [1.807, 2.05) is 18.3 Å². The van der Waals surface area contributed by atoms with Gasteiger partial charge in [-0.25, -0.2) is 4.98 Å². The monoisotopic (exact) mass is 326 g/mol. The third-order valence-corrected chi connectivity index (χ3v) is 4.73. The molecule has 0 aliphatic carbocycles. The first-order chi connectivity index (χ1) is 8.24. The van der Waals surface area contributed by atoms with Crippen molar-refractivity contribution in [3.05, 3.63) is 50.8 Å². The highest BCUT2D eigenvalue weighted by atomic mass is 79.9. The number of imidazole rings is 1. The number of hydrogen-bond acceptors (Lipinski definition) is 2. The number of halogens is 2. The molecule has 0 radical (unpaired) electrons. The molecular formula is C12H8BrClN2S. The summed E-state index contributed by atoms with van der Waals surface area (Å²) in [6, 6.07) is 6.15. The molecule has 0 unspecified atom stereocenters. The number of fused-ring (bicyclic) bond motifs is 1. The van der Waals surface area contributed by atoms with Gasteiger partial charge in [0.1, 0.15) is 5.82 Å². The molecule has 2 nitrogen and oxygen atoms in total. The molecule has 17 heavy (non-hydrogen) atoms. The van der Waals surface area contributed by atoms with Crippen molar-refractivity contribution < 1.29 is 0 Å². The van der Waals surface area contributed by atoms with Crippen LogP contribution in [0.15, 0.2) is 35.1 Å². The molecule has 0 aliphatic heterocycles. The fraction of sp³-hybridized carbons (Fsp3) is 0.0833. The van der Waals surface area contributed by atoms with Crippen LogP contribution < -0.4 is 0 Å². The summed E-state index contributed by atoms with van der Waals surface area (Å²) in [7, 11) is 0. The zero-order valence-electron chi connectivity index (χ0n) is 8.71. The number of nitrogens with zero attached hydrogens (tertiary/aromatic N) is 1. The molecule has 0 aliphatic rings. The van der Waals surface area contributed by atoms with E-state index in [0.717, 1.165) is 32.0 Å². The number of rotatable bonds is 2. The molecule has 5 heteroatoms. The standard InChI is InChI=1S/C12H8BrClN2S/c13-7-1-2-8-9(5-7)17-10(12(8)14)6-11-15-3-4-16-11/h1-5H,6H2,(H,15,16). The van der Waals surface area contributed by atoms with Crippen molar-refractivity contribution >= 4 is 49.0 Å². The minimum absolute atomic E-state index is 0.753. The molecule has 0 fully saturated rings. The number of H-pyrrole nitrogens is 1. The lowest BCUT2D eigenvalue weighted by Gasteiger charge is -1.94. The van der Waals surface area contributed by atoms with Crippen LogP contribution in [0.4, 0.5) is 0 Å². The predicted molar refractivity (Wildman–Crippen MR) is 75.9 cm³/mol. The van der Waals surface area contributed by atoms with Gasteiger partial charge in [0.2, 0.25) is 0 Å². The second-order valence-electron chi connectivity index (χ2n) is 3.69. The number of benzene rings is 1. The van der Waals surface area contributed by atoms with Crippen molar-refractivity contribution in [3.8, 4) is 0 Å². The van der Waals surface area contributed by atoms with E-state index in [1.165, 1.54) is 4.70 Å². The van der Waals surface area contributed by atoms with E-state index < -0.39 is 0 Å². The summed E-state index contributed by atoms with van der Waals surface area (Å²) in [6.07, 6.45) is 4.34. The second kappa shape index (κ2) is 4.44. The first-order valence-corrected chi connectivity index (χ1v) is 7.07. The summed E-state index contributed by atoms with van der Waals surface area (Å²) in [5.41, 5.74) is 0. The lowest BCUT2D eigenvalue weighted by Crippen LogP contribution is -1.87. The van der Waals surface area contributed by atoms with E-state index in [-0.39, 0.29) is 0 Å². The van der Waals surface area contributed by atoms with Crippen LogP contribution in [0, 0.1) is 0 Å². The fourth-order valence-electron chi connectivity index (χ4n) is 1.75. The van der Waals surface area contributed by atoms with Gasteiger partial charge >= 0.3 is 0 Å². The second-order valence-corrected chi connectivity index (χ2v) is 6.12. The van der Waals surface area contributed by atoms with Gasteiger partial charge < -0.3 is 4.98 Å². The van der Waals surface area contributed by atoms with Crippen molar-refractivity contribution in [1.29, 1.82) is 0 Å². The van der Waals surface area contributed by atoms with Gasteiger partial charge in [-0.3, -0.25) is 0 Å². The summed E-state index contributed by atoms with van der Waals surface area (Å²) in [6.45, 7) is 0. The maximum Gasteiger partial charge on any atom is 0.111 e. The highest BCUT2D eigenvalue weighted by Gasteiger charge is 2.11. The summed E-state index contributed by atoms with van der Waals surface area (Å²) >= 11 is 11.6. The highest BCUT2D eigenvalue weighted by molar-refractivity contribution is 9.10. The molecule has 1 aromatic carbocycles. The predicted octanol–water partition coefficient (Wildman–Crippen LogP) is 4.63. The molecule has 3 aromatic rings. The Hall–Kier alpha value is -0.840. The normalized spacial score (nSPS) is 11.2. The molecule has 0 amide bonds. The van der Waals surface area contributed by atoms with Gasteiger partial charge in [-0.2, -0.15) is 0 Å². The van der Waals surface area contributed by atoms with E-state index in [2.05, 4.69) is 32.0 Å². The van der Waals surface area contributed by atoms with E-state index in [0.29, 0.717) is 0 Å². The summed E-state index contributed by atoms with van der Waals surface area (Å²) in [5, 5.41) is 1.95. The van der Waals surface area contributed by atoms with Crippen LogP contribution in [0.3, 0.4) is 0 Å². The van der Waals surface area contributed by atoms with Gasteiger partial charge in [-0.15, -0.1) is 11.3 Å². The molecule has 0 saturated heterocycles. The topological polar surface area (TPSA) is 28.7 Å². The third-order valence-electron chi connectivity index (χ3n) is 2.54. The number of nitrogens with one attached hydrogen (secondary N) is 1. The summed E-state index contributed by atoms with van der Waals surface area (Å²) < 4.78 is 2.28. The van der Waals surface area contributed by atoms with E-state index in [4.69, 9.17) is 11.6 Å². The fourth-order valence-corrected chi connectivity index (χ4v) is 3.81. The summed E-state index contributed by atoms with van der Waals surface area (Å²) in [5.74, 6) is 0.942. The first-order valence-electron chi connectivity index (χ1n) is 5.09. The maximum absolute atomic E-state index is 6.38. The molecule has 0 spiro atoms. The zero-order chi connectivity index (χ0) is 11.8. The average Bonchev–Trinajstić information content (AvgIpc) is 2.89. The molecular weight excluding hydrogens is 320 g/mol. The number of aromatic nitrogens is 2. The Morgan fingerprint density at radius 3 is 3.06 bits per heavy atom. The average molecular weight is 328 g/mol. The van der Waals surface area contributed by atoms with E-state index in [9.17, 15) is 0 Å². The molecule has 2 aromatic heterocycles. The smallest absolute Gasteiger partial charge is 0.111 e. The number of thiophene rings is 1. The Morgan fingerprint density at radius 1 is 1.41 bits per heavy atom. The van der Waals surface area contributed by atoms with Gasteiger partial charge in [0.25, 0.3) is 0 Å². The minimum atomic E-state index is 0.753. The minimum Gasteiger partial charge on any atom is -0.348 e.